The molecule has 3 rings (SSSR count). The first-order chi connectivity index (χ1) is 12.1. The molecule has 0 aliphatic rings. The third kappa shape index (κ3) is 4.67. The first-order valence-electron chi connectivity index (χ1n) is 8.00. The Morgan fingerprint density at radius 2 is 1.80 bits per heavy atom. The molecule has 25 heavy (non-hydrogen) atoms. The van der Waals surface area contributed by atoms with Crippen LogP contribution in [0.1, 0.15) is 16.9 Å². The zero-order chi connectivity index (χ0) is 17.6. The number of rotatable bonds is 5. The van der Waals surface area contributed by atoms with Crippen LogP contribution >= 0.6 is 12.2 Å². The van der Waals surface area contributed by atoms with Crippen molar-refractivity contribution in [3.05, 3.63) is 89.6 Å². The van der Waals surface area contributed by atoms with E-state index in [4.69, 9.17) is 16.6 Å². The molecule has 1 heterocycles. The van der Waals surface area contributed by atoms with Gasteiger partial charge in [-0.15, -0.1) is 0 Å². The van der Waals surface area contributed by atoms with Crippen molar-refractivity contribution in [2.45, 2.75) is 20.0 Å². The van der Waals surface area contributed by atoms with Crippen molar-refractivity contribution in [1.82, 2.24) is 4.90 Å². The Labute approximate surface area is 152 Å². The molecule has 128 valence electrons. The Balaban J connectivity index is 1.78. The fraction of sp³-hybridized carbons (Fsp3) is 0.150. The van der Waals surface area contributed by atoms with Crippen LogP contribution in [-0.4, -0.2) is 10.0 Å². The average Bonchev–Trinajstić information content (AvgIpc) is 3.11. The van der Waals surface area contributed by atoms with E-state index in [2.05, 4.69) is 5.32 Å². The zero-order valence-electron chi connectivity index (χ0n) is 13.9. The molecule has 0 atom stereocenters. The van der Waals surface area contributed by atoms with Crippen LogP contribution in [0.25, 0.3) is 0 Å². The topological polar surface area (TPSA) is 28.4 Å². The molecule has 1 N–H and O–H groups in total. The van der Waals surface area contributed by atoms with Crippen LogP contribution < -0.4 is 5.32 Å². The van der Waals surface area contributed by atoms with Gasteiger partial charge < -0.3 is 14.6 Å². The van der Waals surface area contributed by atoms with Crippen molar-refractivity contribution in [1.29, 1.82) is 0 Å². The summed E-state index contributed by atoms with van der Waals surface area (Å²) >= 11 is 5.61. The highest BCUT2D eigenvalue weighted by molar-refractivity contribution is 7.80. The maximum absolute atomic E-state index is 13.2. The Kier molecular flexibility index (Phi) is 5.46. The Morgan fingerprint density at radius 1 is 1.04 bits per heavy atom. The van der Waals surface area contributed by atoms with E-state index in [1.54, 1.807) is 18.4 Å². The molecule has 0 aliphatic heterocycles. The second kappa shape index (κ2) is 7.94. The monoisotopic (exact) mass is 354 g/mol. The first-order valence-corrected chi connectivity index (χ1v) is 8.41. The van der Waals surface area contributed by atoms with Gasteiger partial charge in [-0.3, -0.25) is 0 Å². The zero-order valence-corrected chi connectivity index (χ0v) is 14.7. The highest BCUT2D eigenvalue weighted by atomic mass is 32.1. The van der Waals surface area contributed by atoms with Crippen molar-refractivity contribution >= 4 is 23.0 Å². The molecule has 0 spiro atoms. The van der Waals surface area contributed by atoms with Crippen molar-refractivity contribution < 1.29 is 8.81 Å². The minimum atomic E-state index is -0.248. The van der Waals surface area contributed by atoms with Gasteiger partial charge in [0.05, 0.1) is 12.8 Å². The summed E-state index contributed by atoms with van der Waals surface area (Å²) in [6.07, 6.45) is 1.64. The molecule has 0 bridgehead atoms. The van der Waals surface area contributed by atoms with E-state index in [1.807, 2.05) is 48.2 Å². The van der Waals surface area contributed by atoms with Gasteiger partial charge in [0.25, 0.3) is 0 Å². The molecule has 0 saturated heterocycles. The molecule has 0 fully saturated rings. The molecule has 0 aliphatic carbocycles. The van der Waals surface area contributed by atoms with Gasteiger partial charge in [0.1, 0.15) is 11.6 Å². The summed E-state index contributed by atoms with van der Waals surface area (Å²) in [5, 5.41) is 3.89. The average molecular weight is 354 g/mol. The lowest BCUT2D eigenvalue weighted by molar-refractivity contribution is 0.360. The summed E-state index contributed by atoms with van der Waals surface area (Å²) in [6, 6.07) is 18.2. The van der Waals surface area contributed by atoms with Crippen LogP contribution in [0.4, 0.5) is 10.1 Å². The third-order valence-electron chi connectivity index (χ3n) is 3.89. The second-order valence-electron chi connectivity index (χ2n) is 5.81. The van der Waals surface area contributed by atoms with Crippen LogP contribution in [0, 0.1) is 12.7 Å². The minimum Gasteiger partial charge on any atom is -0.467 e. The molecule has 3 aromatic rings. The van der Waals surface area contributed by atoms with E-state index in [0.717, 1.165) is 22.6 Å². The van der Waals surface area contributed by atoms with Gasteiger partial charge in [0.15, 0.2) is 5.11 Å². The molecule has 0 unspecified atom stereocenters. The maximum atomic E-state index is 13.2. The summed E-state index contributed by atoms with van der Waals surface area (Å²) in [5.41, 5.74) is 3.06. The summed E-state index contributed by atoms with van der Waals surface area (Å²) in [6.45, 7) is 3.11. The van der Waals surface area contributed by atoms with Crippen molar-refractivity contribution in [3.63, 3.8) is 0 Å². The highest BCUT2D eigenvalue weighted by Gasteiger charge is 2.14. The SMILES string of the molecule is Cc1ccccc1NC(=S)N(Cc1ccc(F)cc1)Cc1ccco1. The minimum absolute atomic E-state index is 0.248. The van der Waals surface area contributed by atoms with Gasteiger partial charge in [0.2, 0.25) is 0 Å². The van der Waals surface area contributed by atoms with Crippen molar-refractivity contribution in [3.8, 4) is 0 Å². The number of furan rings is 1. The molecule has 5 heteroatoms. The normalized spacial score (nSPS) is 10.5. The Hall–Kier alpha value is -2.66. The molecule has 3 nitrogen and oxygen atoms in total. The number of nitrogens with zero attached hydrogens (tertiary/aromatic N) is 1. The predicted octanol–water partition coefficient (Wildman–Crippen LogP) is 5.13. The van der Waals surface area contributed by atoms with Gasteiger partial charge in [-0.2, -0.15) is 0 Å². The Morgan fingerprint density at radius 3 is 2.48 bits per heavy atom. The fourth-order valence-electron chi connectivity index (χ4n) is 2.51. The number of hydrogen-bond acceptors (Lipinski definition) is 2. The summed E-state index contributed by atoms with van der Waals surface area (Å²) < 4.78 is 18.6. The fourth-order valence-corrected chi connectivity index (χ4v) is 2.75. The lowest BCUT2D eigenvalue weighted by Gasteiger charge is -2.25. The third-order valence-corrected chi connectivity index (χ3v) is 4.25. The standard InChI is InChI=1S/C20H19FN2OS/c1-15-5-2-3-7-19(15)22-20(25)23(14-18-6-4-12-24-18)13-16-8-10-17(21)11-9-16/h2-12H,13-14H2,1H3,(H,22,25). The van der Waals surface area contributed by atoms with E-state index in [0.29, 0.717) is 18.2 Å². The van der Waals surface area contributed by atoms with Crippen molar-refractivity contribution in [2.75, 3.05) is 5.32 Å². The molecule has 2 aromatic carbocycles. The number of thiocarbonyl (C=S) groups is 1. The number of nitrogens with one attached hydrogen (secondary N) is 1. The van der Waals surface area contributed by atoms with Crippen LogP contribution in [-0.2, 0) is 13.1 Å². The van der Waals surface area contributed by atoms with Gasteiger partial charge >= 0.3 is 0 Å². The first kappa shape index (κ1) is 17.2. The van der Waals surface area contributed by atoms with E-state index < -0.39 is 0 Å². The highest BCUT2D eigenvalue weighted by Crippen LogP contribution is 2.17. The number of para-hydroxylation sites is 1. The van der Waals surface area contributed by atoms with Crippen LogP contribution in [0.5, 0.6) is 0 Å². The van der Waals surface area contributed by atoms with E-state index >= 15 is 0 Å². The molecular formula is C20H19FN2OS. The molecule has 0 saturated carbocycles. The molecule has 0 amide bonds. The maximum Gasteiger partial charge on any atom is 0.174 e. The van der Waals surface area contributed by atoms with Gasteiger partial charge in [0, 0.05) is 12.2 Å². The lowest BCUT2D eigenvalue weighted by atomic mass is 10.2. The van der Waals surface area contributed by atoms with E-state index in [1.165, 1.54) is 12.1 Å². The van der Waals surface area contributed by atoms with E-state index in [-0.39, 0.29) is 5.82 Å². The van der Waals surface area contributed by atoms with E-state index in [9.17, 15) is 4.39 Å². The molecule has 0 radical (unpaired) electrons. The molecule has 1 aromatic heterocycles. The number of benzene rings is 2. The predicted molar refractivity (Wildman–Crippen MR) is 102 cm³/mol. The van der Waals surface area contributed by atoms with Crippen LogP contribution in [0.2, 0.25) is 0 Å². The van der Waals surface area contributed by atoms with Gasteiger partial charge in [-0.25, -0.2) is 4.39 Å². The summed E-state index contributed by atoms with van der Waals surface area (Å²) in [4.78, 5) is 1.99. The number of aryl methyl sites for hydroxylation is 1. The van der Waals surface area contributed by atoms with Crippen molar-refractivity contribution in [2.24, 2.45) is 0 Å². The van der Waals surface area contributed by atoms with Gasteiger partial charge in [-0.05, 0) is 60.6 Å². The molecular weight excluding hydrogens is 335 g/mol. The summed E-state index contributed by atoms with van der Waals surface area (Å²) in [5.74, 6) is 0.568. The number of hydrogen-bond donors (Lipinski definition) is 1. The Bertz CT molecular complexity index is 831. The second-order valence-corrected chi connectivity index (χ2v) is 6.19. The van der Waals surface area contributed by atoms with Gasteiger partial charge in [-0.1, -0.05) is 30.3 Å². The number of halogens is 1. The summed E-state index contributed by atoms with van der Waals surface area (Å²) in [7, 11) is 0. The largest absolute Gasteiger partial charge is 0.467 e. The smallest absolute Gasteiger partial charge is 0.174 e. The van der Waals surface area contributed by atoms with Crippen LogP contribution in [0.15, 0.2) is 71.3 Å². The quantitative estimate of drug-likeness (QED) is 0.643. The van der Waals surface area contributed by atoms with Crippen LogP contribution in [0.3, 0.4) is 0 Å². The number of anilines is 1. The lowest BCUT2D eigenvalue weighted by Crippen LogP contribution is -2.33.